The molecule has 6 rings (SSSR count). The summed E-state index contributed by atoms with van der Waals surface area (Å²) >= 11 is 0. The van der Waals surface area contributed by atoms with Gasteiger partial charge in [0.05, 0.1) is 23.1 Å². The molecular formula is C22H14FN7O. The Hall–Kier alpha value is -4.53. The zero-order valence-electron chi connectivity index (χ0n) is 15.9. The summed E-state index contributed by atoms with van der Waals surface area (Å²) in [5.74, 6) is -0.644. The van der Waals surface area contributed by atoms with E-state index in [9.17, 15) is 9.50 Å². The molecule has 9 heteroatoms. The van der Waals surface area contributed by atoms with E-state index in [-0.39, 0.29) is 5.75 Å². The van der Waals surface area contributed by atoms with Crippen LogP contribution in [0.4, 0.5) is 4.39 Å². The maximum Gasteiger partial charge on any atom is 0.138 e. The summed E-state index contributed by atoms with van der Waals surface area (Å²) < 4.78 is 13.9. The topological polar surface area (TPSA) is 119 Å². The molecule has 5 aromatic heterocycles. The van der Waals surface area contributed by atoms with Crippen LogP contribution in [0.5, 0.6) is 5.75 Å². The third kappa shape index (κ3) is 2.83. The van der Waals surface area contributed by atoms with E-state index in [1.165, 1.54) is 12.1 Å². The van der Waals surface area contributed by atoms with E-state index in [4.69, 9.17) is 4.98 Å². The lowest BCUT2D eigenvalue weighted by Crippen LogP contribution is -1.85. The molecule has 0 radical (unpaired) electrons. The van der Waals surface area contributed by atoms with Gasteiger partial charge in [0.1, 0.15) is 28.4 Å². The third-order valence-electron chi connectivity index (χ3n) is 5.18. The predicted octanol–water partition coefficient (Wildman–Crippen LogP) is 4.40. The van der Waals surface area contributed by atoms with Gasteiger partial charge in [-0.2, -0.15) is 10.2 Å². The van der Waals surface area contributed by atoms with Crippen molar-refractivity contribution in [1.82, 2.24) is 35.3 Å². The van der Waals surface area contributed by atoms with Crippen LogP contribution < -0.4 is 0 Å². The lowest BCUT2D eigenvalue weighted by atomic mass is 10.0. The maximum atomic E-state index is 13.9. The average molecular weight is 411 g/mol. The fraction of sp³-hybridized carbons (Fsp3) is 0. The van der Waals surface area contributed by atoms with Crippen molar-refractivity contribution in [3.05, 3.63) is 66.9 Å². The Morgan fingerprint density at radius 2 is 1.94 bits per heavy atom. The largest absolute Gasteiger partial charge is 0.508 e. The summed E-state index contributed by atoms with van der Waals surface area (Å²) in [5.41, 5.74) is 6.44. The van der Waals surface area contributed by atoms with E-state index in [2.05, 4.69) is 30.4 Å². The minimum absolute atomic E-state index is 0.134. The highest BCUT2D eigenvalue weighted by Gasteiger charge is 2.16. The van der Waals surface area contributed by atoms with Gasteiger partial charge in [-0.3, -0.25) is 10.2 Å². The molecule has 0 bridgehead atoms. The zero-order chi connectivity index (χ0) is 20.9. The van der Waals surface area contributed by atoms with Crippen LogP contribution in [-0.4, -0.2) is 40.5 Å². The molecule has 6 aromatic rings. The molecule has 0 atom stereocenters. The van der Waals surface area contributed by atoms with Crippen LogP contribution in [-0.2, 0) is 0 Å². The fourth-order valence-corrected chi connectivity index (χ4v) is 3.77. The summed E-state index contributed by atoms with van der Waals surface area (Å²) in [5, 5.41) is 24.8. The number of aromatic hydroxyl groups is 1. The summed E-state index contributed by atoms with van der Waals surface area (Å²) in [6.07, 6.45) is 5.13. The number of halogens is 1. The third-order valence-corrected chi connectivity index (χ3v) is 5.18. The number of H-pyrrole nitrogens is 3. The molecule has 8 nitrogen and oxygen atoms in total. The summed E-state index contributed by atoms with van der Waals surface area (Å²) in [6.45, 7) is 0. The molecule has 4 N–H and O–H groups in total. The fourth-order valence-electron chi connectivity index (χ4n) is 3.77. The smallest absolute Gasteiger partial charge is 0.138 e. The van der Waals surface area contributed by atoms with Gasteiger partial charge in [-0.05, 0) is 47.5 Å². The first-order valence-corrected chi connectivity index (χ1v) is 9.48. The van der Waals surface area contributed by atoms with Crippen molar-refractivity contribution in [1.29, 1.82) is 0 Å². The van der Waals surface area contributed by atoms with Gasteiger partial charge in [0, 0.05) is 29.4 Å². The number of fused-ring (bicyclic) bond motifs is 2. The molecule has 0 spiro atoms. The molecule has 0 unspecified atom stereocenters. The zero-order valence-corrected chi connectivity index (χ0v) is 15.9. The number of benzene rings is 1. The van der Waals surface area contributed by atoms with Gasteiger partial charge in [-0.1, -0.05) is 0 Å². The number of aromatic nitrogens is 7. The quantitative estimate of drug-likeness (QED) is 0.344. The van der Waals surface area contributed by atoms with Gasteiger partial charge < -0.3 is 10.1 Å². The van der Waals surface area contributed by atoms with E-state index in [0.717, 1.165) is 39.5 Å². The first kappa shape index (κ1) is 17.3. The first-order chi connectivity index (χ1) is 15.2. The molecule has 0 fully saturated rings. The van der Waals surface area contributed by atoms with Crippen molar-refractivity contribution in [2.45, 2.75) is 0 Å². The highest BCUT2D eigenvalue weighted by atomic mass is 19.1. The number of hydrogen-bond donors (Lipinski definition) is 4. The number of phenolic OH excluding ortho intramolecular Hbond substituents is 1. The van der Waals surface area contributed by atoms with Crippen molar-refractivity contribution in [2.75, 3.05) is 0 Å². The molecule has 0 aliphatic heterocycles. The van der Waals surface area contributed by atoms with E-state index in [1.54, 1.807) is 24.7 Å². The van der Waals surface area contributed by atoms with E-state index in [1.807, 2.05) is 18.2 Å². The number of rotatable bonds is 3. The number of aromatic amines is 3. The van der Waals surface area contributed by atoms with Crippen molar-refractivity contribution in [2.24, 2.45) is 0 Å². The van der Waals surface area contributed by atoms with Crippen LogP contribution in [0.1, 0.15) is 0 Å². The van der Waals surface area contributed by atoms with Crippen LogP contribution in [0, 0.1) is 5.82 Å². The van der Waals surface area contributed by atoms with Gasteiger partial charge >= 0.3 is 0 Å². The molecular weight excluding hydrogens is 397 g/mol. The maximum absolute atomic E-state index is 13.9. The molecule has 0 aliphatic rings. The Morgan fingerprint density at radius 1 is 1.00 bits per heavy atom. The predicted molar refractivity (Wildman–Crippen MR) is 114 cm³/mol. The van der Waals surface area contributed by atoms with E-state index < -0.39 is 5.82 Å². The number of nitrogens with zero attached hydrogens (tertiary/aromatic N) is 4. The van der Waals surface area contributed by atoms with E-state index >= 15 is 0 Å². The second-order valence-corrected chi connectivity index (χ2v) is 7.15. The van der Waals surface area contributed by atoms with Crippen molar-refractivity contribution >= 4 is 22.1 Å². The monoisotopic (exact) mass is 411 g/mol. The molecule has 1 aromatic carbocycles. The van der Waals surface area contributed by atoms with Gasteiger partial charge in [-0.25, -0.2) is 14.4 Å². The summed E-state index contributed by atoms with van der Waals surface area (Å²) in [7, 11) is 0. The van der Waals surface area contributed by atoms with Crippen molar-refractivity contribution in [3.63, 3.8) is 0 Å². The lowest BCUT2D eigenvalue weighted by molar-refractivity contribution is 0.469. The molecule has 31 heavy (non-hydrogen) atoms. The van der Waals surface area contributed by atoms with Gasteiger partial charge in [0.2, 0.25) is 0 Å². The SMILES string of the molecule is Oc1cc(F)cc(-c2ccnc3[nH]c(-c4n[nH]c5ccc(-c6cn[nH]c6)nc45)cc23)c1. The Morgan fingerprint density at radius 3 is 2.77 bits per heavy atom. The van der Waals surface area contributed by atoms with Crippen molar-refractivity contribution in [3.8, 4) is 39.5 Å². The van der Waals surface area contributed by atoms with E-state index in [0.29, 0.717) is 22.4 Å². The minimum Gasteiger partial charge on any atom is -0.508 e. The van der Waals surface area contributed by atoms with Gasteiger partial charge in [-0.15, -0.1) is 0 Å². The van der Waals surface area contributed by atoms with Gasteiger partial charge in [0.15, 0.2) is 0 Å². The Balaban J connectivity index is 1.53. The second-order valence-electron chi connectivity index (χ2n) is 7.15. The number of nitrogens with one attached hydrogen (secondary N) is 3. The molecule has 0 saturated heterocycles. The molecule has 0 amide bonds. The van der Waals surface area contributed by atoms with Crippen LogP contribution in [0.15, 0.2) is 61.1 Å². The molecule has 0 saturated carbocycles. The highest BCUT2D eigenvalue weighted by molar-refractivity contribution is 5.99. The van der Waals surface area contributed by atoms with Crippen LogP contribution in [0.2, 0.25) is 0 Å². The molecule has 5 heterocycles. The first-order valence-electron chi connectivity index (χ1n) is 9.48. The number of phenols is 1. The van der Waals surface area contributed by atoms with Crippen LogP contribution >= 0.6 is 0 Å². The standard InChI is InChI=1S/C22H14FN7O/c23-13-5-11(6-14(31)7-13)15-3-4-24-22-16(15)8-19(28-22)21-20-18(29-30-21)2-1-17(27-20)12-9-25-26-10-12/h1-10,31H,(H,24,28)(H,25,26)(H,29,30). The average Bonchev–Trinajstić information content (AvgIpc) is 3.50. The molecule has 0 aliphatic carbocycles. The van der Waals surface area contributed by atoms with Gasteiger partial charge in [0.25, 0.3) is 0 Å². The highest BCUT2D eigenvalue weighted by Crippen LogP contribution is 2.34. The Bertz CT molecular complexity index is 1550. The number of pyridine rings is 2. The summed E-state index contributed by atoms with van der Waals surface area (Å²) in [4.78, 5) is 12.4. The minimum atomic E-state index is -0.509. The Labute approximate surface area is 173 Å². The van der Waals surface area contributed by atoms with Crippen LogP contribution in [0.3, 0.4) is 0 Å². The van der Waals surface area contributed by atoms with Crippen molar-refractivity contribution < 1.29 is 9.50 Å². The Kier molecular flexibility index (Phi) is 3.63. The normalized spacial score (nSPS) is 11.5. The number of hydrogen-bond acceptors (Lipinski definition) is 5. The summed E-state index contributed by atoms with van der Waals surface area (Å²) in [6, 6.07) is 11.5. The molecule has 150 valence electrons. The second kappa shape index (κ2) is 6.49. The van der Waals surface area contributed by atoms with Crippen LogP contribution in [0.25, 0.3) is 55.8 Å². The lowest BCUT2D eigenvalue weighted by Gasteiger charge is -2.04.